The summed E-state index contributed by atoms with van der Waals surface area (Å²) in [6.07, 6.45) is 4.18. The van der Waals surface area contributed by atoms with Crippen LogP contribution in [0.1, 0.15) is 32.6 Å². The number of methoxy groups -OCH3 is 1. The first-order valence-corrected chi connectivity index (χ1v) is 7.86. The van der Waals surface area contributed by atoms with Crippen molar-refractivity contribution < 1.29 is 14.3 Å². The Balaban J connectivity index is 1.87. The average molecular weight is 284 g/mol. The zero-order valence-corrected chi connectivity index (χ0v) is 12.8. The van der Waals surface area contributed by atoms with Gasteiger partial charge >= 0.3 is 5.97 Å². The van der Waals surface area contributed by atoms with Gasteiger partial charge in [-0.05, 0) is 45.2 Å². The Morgan fingerprint density at radius 1 is 1.35 bits per heavy atom. The number of esters is 1. The minimum Gasteiger partial charge on any atom is -0.466 e. The van der Waals surface area contributed by atoms with Crippen LogP contribution < -0.4 is 5.32 Å². The van der Waals surface area contributed by atoms with Crippen molar-refractivity contribution in [3.63, 3.8) is 0 Å². The molecule has 20 heavy (non-hydrogen) atoms. The molecule has 0 saturated carbocycles. The number of nitrogens with one attached hydrogen (secondary N) is 1. The number of piperidine rings is 1. The molecule has 2 unspecified atom stereocenters. The first-order chi connectivity index (χ1) is 9.72. The highest BCUT2D eigenvalue weighted by atomic mass is 16.5. The fourth-order valence-corrected chi connectivity index (χ4v) is 3.35. The maximum absolute atomic E-state index is 11.7. The monoisotopic (exact) mass is 284 g/mol. The molecule has 116 valence electrons. The number of carbonyl (C=O) groups is 1. The maximum atomic E-state index is 11.7. The Bertz CT molecular complexity index is 305. The van der Waals surface area contributed by atoms with Gasteiger partial charge in [-0.15, -0.1) is 0 Å². The normalized spacial score (nSPS) is 28.7. The highest BCUT2D eigenvalue weighted by molar-refractivity contribution is 5.70. The fraction of sp³-hybridized carbons (Fsp3) is 0.933. The van der Waals surface area contributed by atoms with Crippen molar-refractivity contribution in [2.24, 2.45) is 5.92 Å². The lowest BCUT2D eigenvalue weighted by atomic mass is 9.97. The van der Waals surface area contributed by atoms with Crippen molar-refractivity contribution in [1.82, 2.24) is 10.2 Å². The Hall–Kier alpha value is -0.650. The third kappa shape index (κ3) is 4.43. The van der Waals surface area contributed by atoms with E-state index in [1.54, 1.807) is 7.11 Å². The van der Waals surface area contributed by atoms with Gasteiger partial charge in [-0.1, -0.05) is 0 Å². The highest BCUT2D eigenvalue weighted by Crippen LogP contribution is 2.26. The van der Waals surface area contributed by atoms with E-state index in [-0.39, 0.29) is 18.1 Å². The van der Waals surface area contributed by atoms with Crippen LogP contribution in [0.15, 0.2) is 0 Å². The van der Waals surface area contributed by atoms with Crippen LogP contribution in [-0.2, 0) is 14.3 Å². The standard InChI is InChI=1S/C15H28N2O3/c1-3-20-15(18)9-13-8-14(19-2)11-17(13)10-12-4-6-16-7-5-12/h12-14,16H,3-11H2,1-2H3. The Kier molecular flexibility index (Phi) is 6.26. The first-order valence-electron chi connectivity index (χ1n) is 7.86. The lowest BCUT2D eigenvalue weighted by Crippen LogP contribution is -2.39. The minimum absolute atomic E-state index is 0.0791. The summed E-state index contributed by atoms with van der Waals surface area (Å²) in [4.78, 5) is 14.2. The summed E-state index contributed by atoms with van der Waals surface area (Å²) in [7, 11) is 1.76. The van der Waals surface area contributed by atoms with E-state index in [9.17, 15) is 4.79 Å². The lowest BCUT2D eigenvalue weighted by Gasteiger charge is -2.30. The summed E-state index contributed by atoms with van der Waals surface area (Å²) in [5.74, 6) is 0.668. The van der Waals surface area contributed by atoms with Gasteiger partial charge in [-0.25, -0.2) is 0 Å². The van der Waals surface area contributed by atoms with Gasteiger partial charge in [-0.2, -0.15) is 0 Å². The molecule has 0 aromatic rings. The predicted octanol–water partition coefficient (Wildman–Crippen LogP) is 1.03. The zero-order valence-electron chi connectivity index (χ0n) is 12.8. The summed E-state index contributed by atoms with van der Waals surface area (Å²) < 4.78 is 10.6. The molecule has 0 aliphatic carbocycles. The van der Waals surface area contributed by atoms with Gasteiger partial charge in [0.1, 0.15) is 0 Å². The van der Waals surface area contributed by atoms with Crippen molar-refractivity contribution in [2.75, 3.05) is 39.9 Å². The second-order valence-electron chi connectivity index (χ2n) is 5.90. The summed E-state index contributed by atoms with van der Waals surface area (Å²) in [6, 6.07) is 0.286. The third-order valence-corrected chi connectivity index (χ3v) is 4.48. The first kappa shape index (κ1) is 15.7. The molecular weight excluding hydrogens is 256 g/mol. The van der Waals surface area contributed by atoms with Gasteiger partial charge in [0.2, 0.25) is 0 Å². The van der Waals surface area contributed by atoms with E-state index >= 15 is 0 Å². The van der Waals surface area contributed by atoms with Crippen molar-refractivity contribution in [3.8, 4) is 0 Å². The quantitative estimate of drug-likeness (QED) is 0.738. The van der Waals surface area contributed by atoms with Crippen LogP contribution in [0.4, 0.5) is 0 Å². The molecule has 5 heteroatoms. The van der Waals surface area contributed by atoms with Crippen molar-refractivity contribution in [3.05, 3.63) is 0 Å². The fourth-order valence-electron chi connectivity index (χ4n) is 3.35. The molecule has 2 saturated heterocycles. The number of rotatable bonds is 6. The Morgan fingerprint density at radius 2 is 2.10 bits per heavy atom. The van der Waals surface area contributed by atoms with Crippen LogP contribution in [0.3, 0.4) is 0 Å². The summed E-state index contributed by atoms with van der Waals surface area (Å²) in [5, 5.41) is 3.40. The molecule has 5 nitrogen and oxygen atoms in total. The number of hydrogen-bond donors (Lipinski definition) is 1. The lowest BCUT2D eigenvalue weighted by molar-refractivity contribution is -0.144. The molecule has 0 aromatic carbocycles. The van der Waals surface area contributed by atoms with E-state index in [0.29, 0.717) is 13.0 Å². The predicted molar refractivity (Wildman–Crippen MR) is 77.6 cm³/mol. The molecule has 2 heterocycles. The van der Waals surface area contributed by atoms with Crippen LogP contribution in [0.25, 0.3) is 0 Å². The second kappa shape index (κ2) is 7.96. The van der Waals surface area contributed by atoms with Gasteiger partial charge in [0, 0.05) is 26.2 Å². The van der Waals surface area contributed by atoms with E-state index in [0.717, 1.165) is 38.5 Å². The Morgan fingerprint density at radius 3 is 2.75 bits per heavy atom. The molecule has 0 radical (unpaired) electrons. The topological polar surface area (TPSA) is 50.8 Å². The number of carbonyl (C=O) groups excluding carboxylic acids is 1. The molecule has 0 aromatic heterocycles. The number of ether oxygens (including phenoxy) is 2. The summed E-state index contributed by atoms with van der Waals surface area (Å²) in [5.41, 5.74) is 0. The van der Waals surface area contributed by atoms with Crippen LogP contribution in [0, 0.1) is 5.92 Å². The molecule has 0 bridgehead atoms. The summed E-state index contributed by atoms with van der Waals surface area (Å²) in [6.45, 7) is 6.60. The molecule has 2 rings (SSSR count). The Labute approximate surface area is 122 Å². The minimum atomic E-state index is -0.0791. The molecule has 0 spiro atoms. The van der Waals surface area contributed by atoms with Crippen LogP contribution in [0.2, 0.25) is 0 Å². The number of likely N-dealkylation sites (tertiary alicyclic amines) is 1. The van der Waals surface area contributed by atoms with Gasteiger partial charge in [-0.3, -0.25) is 9.69 Å². The molecule has 2 fully saturated rings. The van der Waals surface area contributed by atoms with Gasteiger partial charge < -0.3 is 14.8 Å². The van der Waals surface area contributed by atoms with E-state index < -0.39 is 0 Å². The van der Waals surface area contributed by atoms with Crippen molar-refractivity contribution >= 4 is 5.97 Å². The van der Waals surface area contributed by atoms with E-state index in [4.69, 9.17) is 9.47 Å². The molecule has 0 amide bonds. The van der Waals surface area contributed by atoms with E-state index in [2.05, 4.69) is 10.2 Å². The van der Waals surface area contributed by atoms with E-state index in [1.165, 1.54) is 12.8 Å². The third-order valence-electron chi connectivity index (χ3n) is 4.48. The van der Waals surface area contributed by atoms with Crippen molar-refractivity contribution in [2.45, 2.75) is 44.8 Å². The SMILES string of the molecule is CCOC(=O)CC1CC(OC)CN1CC1CCNCC1. The molecular formula is C15H28N2O3. The van der Waals surface area contributed by atoms with Crippen LogP contribution in [0.5, 0.6) is 0 Å². The molecule has 2 atom stereocenters. The van der Waals surface area contributed by atoms with Gasteiger partial charge in [0.15, 0.2) is 0 Å². The molecule has 1 N–H and O–H groups in total. The average Bonchev–Trinajstić information content (AvgIpc) is 2.82. The summed E-state index contributed by atoms with van der Waals surface area (Å²) >= 11 is 0. The number of hydrogen-bond acceptors (Lipinski definition) is 5. The van der Waals surface area contributed by atoms with E-state index in [1.807, 2.05) is 6.92 Å². The second-order valence-corrected chi connectivity index (χ2v) is 5.90. The van der Waals surface area contributed by atoms with Crippen molar-refractivity contribution in [1.29, 1.82) is 0 Å². The zero-order chi connectivity index (χ0) is 14.4. The highest BCUT2D eigenvalue weighted by Gasteiger charge is 2.35. The van der Waals surface area contributed by atoms with Crippen LogP contribution >= 0.6 is 0 Å². The van der Waals surface area contributed by atoms with Gasteiger partial charge in [0.25, 0.3) is 0 Å². The van der Waals surface area contributed by atoms with Crippen LogP contribution in [-0.4, -0.2) is 62.9 Å². The maximum Gasteiger partial charge on any atom is 0.307 e. The van der Waals surface area contributed by atoms with Gasteiger partial charge in [0.05, 0.1) is 19.1 Å². The molecule has 2 aliphatic heterocycles. The smallest absolute Gasteiger partial charge is 0.307 e. The molecule has 2 aliphatic rings. The largest absolute Gasteiger partial charge is 0.466 e. The number of nitrogens with zero attached hydrogens (tertiary/aromatic N) is 1.